The number of aldehydes is 1. The molecule has 1 fully saturated rings. The van der Waals surface area contributed by atoms with Crippen molar-refractivity contribution in [3.05, 3.63) is 16.1 Å². The van der Waals surface area contributed by atoms with Gasteiger partial charge in [0.2, 0.25) is 0 Å². The van der Waals surface area contributed by atoms with Crippen molar-refractivity contribution in [3.63, 3.8) is 0 Å². The molecule has 0 amide bonds. The SMILES string of the molecule is CCN1CCCC(c2ncc(CC=O)s2)C1. The minimum atomic E-state index is 0.516. The molecule has 1 aromatic heterocycles. The van der Waals surface area contributed by atoms with Gasteiger partial charge in [-0.05, 0) is 25.9 Å². The first-order valence-corrected chi connectivity index (χ1v) is 6.75. The second kappa shape index (κ2) is 5.55. The fourth-order valence-electron chi connectivity index (χ4n) is 2.23. The highest BCUT2D eigenvalue weighted by Crippen LogP contribution is 2.29. The normalized spacial score (nSPS) is 22.2. The third-order valence-corrected chi connectivity index (χ3v) is 4.34. The van der Waals surface area contributed by atoms with Crippen LogP contribution in [-0.4, -0.2) is 35.8 Å². The lowest BCUT2D eigenvalue weighted by molar-refractivity contribution is -0.107. The summed E-state index contributed by atoms with van der Waals surface area (Å²) >= 11 is 1.71. The van der Waals surface area contributed by atoms with Crippen LogP contribution in [0.15, 0.2) is 6.20 Å². The van der Waals surface area contributed by atoms with E-state index in [1.165, 1.54) is 24.4 Å². The molecule has 1 saturated heterocycles. The van der Waals surface area contributed by atoms with Gasteiger partial charge in [0.15, 0.2) is 0 Å². The van der Waals surface area contributed by atoms with E-state index in [0.717, 1.165) is 24.3 Å². The number of carbonyl (C=O) groups is 1. The molecule has 0 aliphatic carbocycles. The number of hydrogen-bond donors (Lipinski definition) is 0. The molecule has 1 aliphatic heterocycles. The highest BCUT2D eigenvalue weighted by atomic mass is 32.1. The molecule has 2 heterocycles. The molecule has 1 aliphatic rings. The zero-order chi connectivity index (χ0) is 11.4. The minimum Gasteiger partial charge on any atom is -0.303 e. The summed E-state index contributed by atoms with van der Waals surface area (Å²) in [5.41, 5.74) is 0. The van der Waals surface area contributed by atoms with E-state index in [9.17, 15) is 4.79 Å². The molecule has 0 aromatic carbocycles. The van der Waals surface area contributed by atoms with Gasteiger partial charge in [0.1, 0.15) is 6.29 Å². The molecule has 0 bridgehead atoms. The summed E-state index contributed by atoms with van der Waals surface area (Å²) in [5, 5.41) is 1.22. The van der Waals surface area contributed by atoms with Crippen LogP contribution in [0.25, 0.3) is 0 Å². The van der Waals surface area contributed by atoms with Crippen LogP contribution in [0.2, 0.25) is 0 Å². The second-order valence-corrected chi connectivity index (χ2v) is 5.41. The Hall–Kier alpha value is -0.740. The van der Waals surface area contributed by atoms with E-state index in [-0.39, 0.29) is 0 Å². The second-order valence-electron chi connectivity index (χ2n) is 4.27. The molecule has 1 aromatic rings. The zero-order valence-corrected chi connectivity index (χ0v) is 10.5. The van der Waals surface area contributed by atoms with Gasteiger partial charge in [-0.25, -0.2) is 4.98 Å². The quantitative estimate of drug-likeness (QED) is 0.753. The molecule has 4 heteroatoms. The first-order valence-electron chi connectivity index (χ1n) is 5.94. The lowest BCUT2D eigenvalue weighted by Crippen LogP contribution is -2.33. The van der Waals surface area contributed by atoms with Gasteiger partial charge in [0, 0.05) is 30.0 Å². The predicted molar refractivity (Wildman–Crippen MR) is 66.0 cm³/mol. The molecule has 88 valence electrons. The van der Waals surface area contributed by atoms with Crippen LogP contribution in [0.3, 0.4) is 0 Å². The molecule has 0 N–H and O–H groups in total. The van der Waals surface area contributed by atoms with E-state index in [2.05, 4.69) is 16.8 Å². The van der Waals surface area contributed by atoms with Gasteiger partial charge in [-0.2, -0.15) is 0 Å². The number of piperidine rings is 1. The van der Waals surface area contributed by atoms with E-state index >= 15 is 0 Å². The van der Waals surface area contributed by atoms with Crippen molar-refractivity contribution in [1.29, 1.82) is 0 Å². The lowest BCUT2D eigenvalue weighted by atomic mass is 9.99. The summed E-state index contributed by atoms with van der Waals surface area (Å²) in [7, 11) is 0. The van der Waals surface area contributed by atoms with Crippen LogP contribution in [0, 0.1) is 0 Å². The number of aromatic nitrogens is 1. The van der Waals surface area contributed by atoms with Crippen LogP contribution in [0.1, 0.15) is 35.6 Å². The third kappa shape index (κ3) is 2.68. The van der Waals surface area contributed by atoms with E-state index in [1.807, 2.05) is 6.20 Å². The Bertz CT molecular complexity index is 351. The summed E-state index contributed by atoms with van der Waals surface area (Å²) in [5.74, 6) is 0.583. The number of rotatable bonds is 4. The Balaban J connectivity index is 2.02. The molecule has 3 nitrogen and oxygen atoms in total. The standard InChI is InChI=1S/C12H18N2OS/c1-2-14-6-3-4-10(9-14)12-13-8-11(16-12)5-7-15/h7-8,10H,2-6,9H2,1H3. The fraction of sp³-hybridized carbons (Fsp3) is 0.667. The van der Waals surface area contributed by atoms with E-state index in [4.69, 9.17) is 0 Å². The number of hydrogen-bond acceptors (Lipinski definition) is 4. The lowest BCUT2D eigenvalue weighted by Gasteiger charge is -2.30. The summed E-state index contributed by atoms with van der Waals surface area (Å²) in [4.78, 5) is 18.5. The maximum atomic E-state index is 10.4. The highest BCUT2D eigenvalue weighted by molar-refractivity contribution is 7.11. The summed E-state index contributed by atoms with van der Waals surface area (Å²) in [6.07, 6.45) is 5.84. The largest absolute Gasteiger partial charge is 0.303 e. The summed E-state index contributed by atoms with van der Waals surface area (Å²) in [6, 6.07) is 0. The zero-order valence-electron chi connectivity index (χ0n) is 9.69. The van der Waals surface area contributed by atoms with Crippen LogP contribution in [0.5, 0.6) is 0 Å². The van der Waals surface area contributed by atoms with Crippen molar-refractivity contribution in [2.45, 2.75) is 32.1 Å². The van der Waals surface area contributed by atoms with Crippen molar-refractivity contribution < 1.29 is 4.79 Å². The molecule has 1 unspecified atom stereocenters. The van der Waals surface area contributed by atoms with Gasteiger partial charge in [-0.1, -0.05) is 6.92 Å². The number of nitrogens with zero attached hydrogens (tertiary/aromatic N) is 2. The van der Waals surface area contributed by atoms with E-state index in [0.29, 0.717) is 12.3 Å². The first kappa shape index (κ1) is 11.7. The summed E-state index contributed by atoms with van der Waals surface area (Å²) < 4.78 is 0. The van der Waals surface area contributed by atoms with E-state index < -0.39 is 0 Å². The number of likely N-dealkylation sites (N-methyl/N-ethyl adjacent to an activating group) is 1. The molecule has 2 rings (SSSR count). The molecule has 0 radical (unpaired) electrons. The predicted octanol–water partition coefficient (Wildman–Crippen LogP) is 2.08. The van der Waals surface area contributed by atoms with Crippen molar-refractivity contribution in [2.75, 3.05) is 19.6 Å². The Morgan fingerprint density at radius 3 is 3.31 bits per heavy atom. The maximum Gasteiger partial charge on any atom is 0.125 e. The first-order chi connectivity index (χ1) is 7.83. The minimum absolute atomic E-state index is 0.516. The van der Waals surface area contributed by atoms with Crippen molar-refractivity contribution in [2.24, 2.45) is 0 Å². The molecule has 0 spiro atoms. The number of likely N-dealkylation sites (tertiary alicyclic amines) is 1. The van der Waals surface area contributed by atoms with Crippen LogP contribution < -0.4 is 0 Å². The van der Waals surface area contributed by atoms with Crippen molar-refractivity contribution in [1.82, 2.24) is 9.88 Å². The van der Waals surface area contributed by atoms with Gasteiger partial charge in [0.25, 0.3) is 0 Å². The third-order valence-electron chi connectivity index (χ3n) is 3.16. The summed E-state index contributed by atoms with van der Waals surface area (Å²) in [6.45, 7) is 5.69. The Morgan fingerprint density at radius 1 is 1.69 bits per heavy atom. The molecule has 1 atom stereocenters. The van der Waals surface area contributed by atoms with Gasteiger partial charge in [-0.3, -0.25) is 0 Å². The smallest absolute Gasteiger partial charge is 0.125 e. The Kier molecular flexibility index (Phi) is 4.07. The Morgan fingerprint density at radius 2 is 2.56 bits per heavy atom. The van der Waals surface area contributed by atoms with Crippen LogP contribution >= 0.6 is 11.3 Å². The van der Waals surface area contributed by atoms with Crippen molar-refractivity contribution in [3.8, 4) is 0 Å². The Labute approximate surface area is 100 Å². The van der Waals surface area contributed by atoms with Crippen LogP contribution in [-0.2, 0) is 11.2 Å². The average molecular weight is 238 g/mol. The molecular weight excluding hydrogens is 220 g/mol. The number of carbonyl (C=O) groups excluding carboxylic acids is 1. The van der Waals surface area contributed by atoms with Gasteiger partial charge in [-0.15, -0.1) is 11.3 Å². The molecule has 0 saturated carbocycles. The van der Waals surface area contributed by atoms with Gasteiger partial charge < -0.3 is 9.69 Å². The van der Waals surface area contributed by atoms with E-state index in [1.54, 1.807) is 11.3 Å². The van der Waals surface area contributed by atoms with Crippen LogP contribution in [0.4, 0.5) is 0 Å². The average Bonchev–Trinajstić information content (AvgIpc) is 2.78. The van der Waals surface area contributed by atoms with Gasteiger partial charge in [0.05, 0.1) is 5.01 Å². The highest BCUT2D eigenvalue weighted by Gasteiger charge is 2.22. The van der Waals surface area contributed by atoms with Gasteiger partial charge >= 0.3 is 0 Å². The van der Waals surface area contributed by atoms with Crippen molar-refractivity contribution >= 4 is 17.6 Å². The number of thiazole rings is 1. The topological polar surface area (TPSA) is 33.2 Å². The molecule has 16 heavy (non-hydrogen) atoms. The fourth-order valence-corrected chi connectivity index (χ4v) is 3.22. The maximum absolute atomic E-state index is 10.4. The molecular formula is C12H18N2OS. The monoisotopic (exact) mass is 238 g/mol.